The summed E-state index contributed by atoms with van der Waals surface area (Å²) in [6, 6.07) is 18.1. The number of benzene rings is 2. The second kappa shape index (κ2) is 8.56. The van der Waals surface area contributed by atoms with Gasteiger partial charge < -0.3 is 9.15 Å². The molecule has 0 bridgehead atoms. The summed E-state index contributed by atoms with van der Waals surface area (Å²) in [7, 11) is 0. The van der Waals surface area contributed by atoms with Gasteiger partial charge in [-0.05, 0) is 44.2 Å². The number of carbonyl (C=O) groups is 1. The molecule has 0 saturated carbocycles. The number of nitrogens with one attached hydrogen (secondary N) is 1. The predicted octanol–water partition coefficient (Wildman–Crippen LogP) is 4.97. The maximum atomic E-state index is 12.5. The molecule has 2 aromatic carbocycles. The topological polar surface area (TPSA) is 63.8 Å². The van der Waals surface area contributed by atoms with Crippen molar-refractivity contribution in [3.63, 3.8) is 0 Å². The Morgan fingerprint density at radius 1 is 1.11 bits per heavy atom. The van der Waals surface area contributed by atoms with Crippen LogP contribution in [-0.4, -0.2) is 11.6 Å². The molecule has 1 heterocycles. The Morgan fingerprint density at radius 2 is 1.85 bits per heavy atom. The lowest BCUT2D eigenvalue weighted by Gasteiger charge is -2.11. The van der Waals surface area contributed by atoms with Crippen LogP contribution in [0.5, 0.6) is 5.75 Å². The minimum atomic E-state index is -0.368. The molecule has 1 N–H and O–H groups in total. The number of carbonyl (C=O) groups excluding carboxylic acids is 1. The molecule has 3 rings (SSSR count). The van der Waals surface area contributed by atoms with E-state index in [4.69, 9.17) is 20.8 Å². The first-order valence-corrected chi connectivity index (χ1v) is 8.79. The standard InChI is InChI=1S/C21H19ClN2O3/c1-14-11-12-19(27-14)15(2)23-24-21(25)17-8-4-6-10-20(17)26-13-16-7-3-5-9-18(16)22/h3-12H,13H2,1-2H3,(H,24,25)/b23-15-. The summed E-state index contributed by atoms with van der Waals surface area (Å²) < 4.78 is 11.3. The molecule has 27 heavy (non-hydrogen) atoms. The van der Waals surface area contributed by atoms with Gasteiger partial charge in [-0.2, -0.15) is 5.10 Å². The molecule has 0 radical (unpaired) electrons. The number of aryl methyl sites for hydroxylation is 1. The van der Waals surface area contributed by atoms with E-state index in [2.05, 4.69) is 10.5 Å². The van der Waals surface area contributed by atoms with E-state index in [-0.39, 0.29) is 12.5 Å². The van der Waals surface area contributed by atoms with Crippen LogP contribution in [0.1, 0.15) is 34.4 Å². The molecule has 3 aromatic rings. The van der Waals surface area contributed by atoms with Crippen LogP contribution in [0.2, 0.25) is 5.02 Å². The number of rotatable bonds is 6. The number of nitrogens with zero attached hydrogens (tertiary/aromatic N) is 1. The van der Waals surface area contributed by atoms with Gasteiger partial charge in [0.15, 0.2) is 0 Å². The van der Waals surface area contributed by atoms with Gasteiger partial charge in [-0.3, -0.25) is 4.79 Å². The minimum absolute atomic E-state index is 0.262. The quantitative estimate of drug-likeness (QED) is 0.483. The van der Waals surface area contributed by atoms with E-state index in [1.54, 1.807) is 43.3 Å². The second-order valence-electron chi connectivity index (χ2n) is 5.92. The van der Waals surface area contributed by atoms with Crippen molar-refractivity contribution in [3.05, 3.63) is 88.3 Å². The van der Waals surface area contributed by atoms with Gasteiger partial charge in [-0.15, -0.1) is 0 Å². The largest absolute Gasteiger partial charge is 0.488 e. The van der Waals surface area contributed by atoms with Crippen LogP contribution >= 0.6 is 11.6 Å². The normalized spacial score (nSPS) is 11.3. The molecule has 0 saturated heterocycles. The van der Waals surface area contributed by atoms with Crippen molar-refractivity contribution in [2.75, 3.05) is 0 Å². The first-order valence-electron chi connectivity index (χ1n) is 8.41. The highest BCUT2D eigenvalue weighted by atomic mass is 35.5. The van der Waals surface area contributed by atoms with Crippen molar-refractivity contribution in [2.45, 2.75) is 20.5 Å². The smallest absolute Gasteiger partial charge is 0.275 e. The third-order valence-corrected chi connectivity index (χ3v) is 4.26. The number of furan rings is 1. The molecule has 0 aliphatic rings. The maximum Gasteiger partial charge on any atom is 0.275 e. The van der Waals surface area contributed by atoms with E-state index >= 15 is 0 Å². The van der Waals surface area contributed by atoms with Crippen LogP contribution in [0.15, 0.2) is 70.2 Å². The minimum Gasteiger partial charge on any atom is -0.488 e. The van der Waals surface area contributed by atoms with E-state index in [0.717, 1.165) is 11.3 Å². The summed E-state index contributed by atoms with van der Waals surface area (Å²) in [5.74, 6) is 1.48. The van der Waals surface area contributed by atoms with E-state index < -0.39 is 0 Å². The Labute approximate surface area is 162 Å². The number of hydrogen-bond donors (Lipinski definition) is 1. The summed E-state index contributed by atoms with van der Waals surface area (Å²) in [5.41, 5.74) is 4.34. The molecule has 1 aromatic heterocycles. The zero-order chi connectivity index (χ0) is 19.2. The van der Waals surface area contributed by atoms with E-state index in [1.807, 2.05) is 31.2 Å². The van der Waals surface area contributed by atoms with Gasteiger partial charge in [-0.1, -0.05) is 41.9 Å². The molecule has 0 spiro atoms. The van der Waals surface area contributed by atoms with Crippen LogP contribution in [0.25, 0.3) is 0 Å². The summed E-state index contributed by atoms with van der Waals surface area (Å²) in [4.78, 5) is 12.5. The third kappa shape index (κ3) is 4.77. The Morgan fingerprint density at radius 3 is 2.59 bits per heavy atom. The molecule has 138 valence electrons. The second-order valence-corrected chi connectivity index (χ2v) is 6.33. The monoisotopic (exact) mass is 382 g/mol. The lowest BCUT2D eigenvalue weighted by molar-refractivity contribution is 0.0950. The van der Waals surface area contributed by atoms with E-state index in [1.165, 1.54) is 0 Å². The van der Waals surface area contributed by atoms with Crippen LogP contribution < -0.4 is 10.2 Å². The first kappa shape index (κ1) is 18.7. The summed E-state index contributed by atoms with van der Waals surface area (Å²) in [5, 5.41) is 4.72. The predicted molar refractivity (Wildman–Crippen MR) is 105 cm³/mol. The number of para-hydroxylation sites is 1. The Hall–Kier alpha value is -3.05. The van der Waals surface area contributed by atoms with Gasteiger partial charge in [0.25, 0.3) is 5.91 Å². The number of halogens is 1. The zero-order valence-corrected chi connectivity index (χ0v) is 15.8. The van der Waals surface area contributed by atoms with Crippen molar-refractivity contribution in [1.82, 2.24) is 5.43 Å². The average molecular weight is 383 g/mol. The van der Waals surface area contributed by atoms with Crippen LogP contribution in [0.3, 0.4) is 0 Å². The molecule has 0 unspecified atom stereocenters. The van der Waals surface area contributed by atoms with Gasteiger partial charge in [0, 0.05) is 10.6 Å². The highest BCUT2D eigenvalue weighted by Gasteiger charge is 2.13. The fourth-order valence-corrected chi connectivity index (χ4v) is 2.62. The fourth-order valence-electron chi connectivity index (χ4n) is 2.43. The molecule has 0 aliphatic carbocycles. The molecular formula is C21H19ClN2O3. The number of amides is 1. The third-order valence-electron chi connectivity index (χ3n) is 3.89. The number of ether oxygens (including phenoxy) is 1. The van der Waals surface area contributed by atoms with E-state index in [0.29, 0.717) is 27.8 Å². The highest BCUT2D eigenvalue weighted by Crippen LogP contribution is 2.22. The highest BCUT2D eigenvalue weighted by molar-refractivity contribution is 6.31. The summed E-state index contributed by atoms with van der Waals surface area (Å²) in [6.07, 6.45) is 0. The van der Waals surface area contributed by atoms with Gasteiger partial charge in [0.05, 0.1) is 5.56 Å². The fraction of sp³-hybridized carbons (Fsp3) is 0.143. The molecule has 6 heteroatoms. The average Bonchev–Trinajstić information content (AvgIpc) is 3.12. The Kier molecular flexibility index (Phi) is 5.94. The first-order chi connectivity index (χ1) is 13.0. The van der Waals surface area contributed by atoms with Gasteiger partial charge in [0.1, 0.15) is 29.6 Å². The van der Waals surface area contributed by atoms with Crippen LogP contribution in [0, 0.1) is 6.92 Å². The van der Waals surface area contributed by atoms with Crippen molar-refractivity contribution < 1.29 is 13.9 Å². The Balaban J connectivity index is 1.71. The van der Waals surface area contributed by atoms with Crippen molar-refractivity contribution in [2.24, 2.45) is 5.10 Å². The summed E-state index contributed by atoms with van der Waals surface area (Å²) >= 11 is 6.15. The zero-order valence-electron chi connectivity index (χ0n) is 15.0. The van der Waals surface area contributed by atoms with Gasteiger partial charge in [-0.25, -0.2) is 5.43 Å². The molecule has 0 atom stereocenters. The molecule has 0 fully saturated rings. The van der Waals surface area contributed by atoms with Gasteiger partial charge >= 0.3 is 0 Å². The molecule has 1 amide bonds. The molecular weight excluding hydrogens is 364 g/mol. The number of hydrogen-bond acceptors (Lipinski definition) is 4. The Bertz CT molecular complexity index is 979. The number of hydrazone groups is 1. The molecule has 5 nitrogen and oxygen atoms in total. The van der Waals surface area contributed by atoms with Crippen LogP contribution in [-0.2, 0) is 6.61 Å². The maximum absolute atomic E-state index is 12.5. The summed E-state index contributed by atoms with van der Waals surface area (Å²) in [6.45, 7) is 3.87. The van der Waals surface area contributed by atoms with Crippen molar-refractivity contribution in [1.29, 1.82) is 0 Å². The lowest BCUT2D eigenvalue weighted by atomic mass is 10.2. The lowest BCUT2D eigenvalue weighted by Crippen LogP contribution is -2.20. The SMILES string of the molecule is C/C(=N/NC(=O)c1ccccc1OCc1ccccc1Cl)c1ccc(C)o1. The van der Waals surface area contributed by atoms with Crippen molar-refractivity contribution >= 4 is 23.2 Å². The van der Waals surface area contributed by atoms with Crippen molar-refractivity contribution in [3.8, 4) is 5.75 Å². The van der Waals surface area contributed by atoms with Gasteiger partial charge in [0.2, 0.25) is 0 Å². The molecule has 0 aliphatic heterocycles. The van der Waals surface area contributed by atoms with Crippen LogP contribution in [0.4, 0.5) is 0 Å². The van der Waals surface area contributed by atoms with E-state index in [9.17, 15) is 4.79 Å².